The molecule has 0 aliphatic carbocycles. The van der Waals surface area contributed by atoms with E-state index in [4.69, 9.17) is 24.1 Å². The van der Waals surface area contributed by atoms with Crippen LogP contribution in [0.2, 0.25) is 5.04 Å². The first-order valence-electron chi connectivity index (χ1n) is 18.3. The zero-order valence-corrected chi connectivity index (χ0v) is 32.1. The van der Waals surface area contributed by atoms with Crippen molar-refractivity contribution in [1.29, 1.82) is 0 Å². The number of hydrogen-bond donors (Lipinski definition) is 1. The molecule has 0 amide bonds. The molecular formula is C45H47N5O2Si. The van der Waals surface area contributed by atoms with Crippen LogP contribution < -0.4 is 20.4 Å². The first-order chi connectivity index (χ1) is 25.8. The van der Waals surface area contributed by atoms with Crippen LogP contribution in [0.15, 0.2) is 158 Å². The smallest absolute Gasteiger partial charge is 0.261 e. The van der Waals surface area contributed by atoms with Gasteiger partial charge in [-0.25, -0.2) is 15.0 Å². The number of hydrogen-bond acceptors (Lipinski definition) is 6. The second-order valence-corrected chi connectivity index (χ2v) is 18.7. The number of benzene rings is 5. The average molecular weight is 718 g/mol. The summed E-state index contributed by atoms with van der Waals surface area (Å²) < 4.78 is 15.1. The van der Waals surface area contributed by atoms with Gasteiger partial charge in [0.1, 0.15) is 23.1 Å². The molecule has 7 nitrogen and oxygen atoms in total. The number of rotatable bonds is 13. The van der Waals surface area contributed by atoms with Crippen molar-refractivity contribution in [3.05, 3.63) is 175 Å². The van der Waals surface area contributed by atoms with E-state index in [0.717, 1.165) is 34.5 Å². The minimum absolute atomic E-state index is 0.0148. The van der Waals surface area contributed by atoms with Crippen LogP contribution in [-0.2, 0) is 9.96 Å². The Morgan fingerprint density at radius 2 is 1.17 bits per heavy atom. The van der Waals surface area contributed by atoms with Crippen molar-refractivity contribution in [2.24, 2.45) is 0 Å². The highest BCUT2D eigenvalue weighted by atomic mass is 28.4. The number of methoxy groups -OCH3 is 1. The molecule has 5 aromatic carbocycles. The van der Waals surface area contributed by atoms with Gasteiger partial charge in [-0.2, -0.15) is 0 Å². The molecule has 2 aromatic heterocycles. The van der Waals surface area contributed by atoms with Gasteiger partial charge in [-0.1, -0.05) is 161 Å². The summed E-state index contributed by atoms with van der Waals surface area (Å²) in [5.41, 5.74) is 3.80. The highest BCUT2D eigenvalue weighted by Crippen LogP contribution is 2.42. The Morgan fingerprint density at radius 1 is 0.660 bits per heavy atom. The quantitative estimate of drug-likeness (QED) is 0.0950. The summed E-state index contributed by atoms with van der Waals surface area (Å²) in [7, 11) is -1.07. The van der Waals surface area contributed by atoms with E-state index in [-0.39, 0.29) is 11.1 Å². The molecule has 0 saturated heterocycles. The number of ether oxygens (including phenoxy) is 1. The Hall–Kier alpha value is -5.57. The van der Waals surface area contributed by atoms with Gasteiger partial charge in [0.25, 0.3) is 8.32 Å². The lowest BCUT2D eigenvalue weighted by Gasteiger charge is -2.43. The topological polar surface area (TPSA) is 74.1 Å². The first kappa shape index (κ1) is 35.8. The van der Waals surface area contributed by atoms with Crippen molar-refractivity contribution < 1.29 is 9.16 Å². The monoisotopic (exact) mass is 717 g/mol. The third-order valence-electron chi connectivity index (χ3n) is 10.4. The van der Waals surface area contributed by atoms with Crippen LogP contribution in [0.5, 0.6) is 5.75 Å². The molecule has 0 radical (unpaired) electrons. The van der Waals surface area contributed by atoms with Crippen molar-refractivity contribution in [1.82, 2.24) is 19.5 Å². The zero-order chi connectivity index (χ0) is 36.9. The normalized spacial score (nSPS) is 12.8. The summed E-state index contributed by atoms with van der Waals surface area (Å²) in [4.78, 5) is 14.7. The molecule has 0 bridgehead atoms. The van der Waals surface area contributed by atoms with Gasteiger partial charge in [-0.3, -0.25) is 0 Å². The lowest BCUT2D eigenvalue weighted by atomic mass is 9.77. The second kappa shape index (κ2) is 15.2. The van der Waals surface area contributed by atoms with Crippen molar-refractivity contribution >= 4 is 35.7 Å². The standard InChI is InChI=1S/C45H47N5O2Si/c1-6-37(31-52-53(44(2,3)4,39-23-15-9-16-24-39)40-25-17-10-18-26-40)50-33-48-41-42(46-32-47-43(41)50)49-45(34-19-11-7-12-20-34,35-21-13-8-14-22-35)36-27-29-38(51-5)30-28-36/h7-30,32-33,37H,6,31H2,1-5H3,(H,46,47,49). The zero-order valence-electron chi connectivity index (χ0n) is 31.1. The van der Waals surface area contributed by atoms with Gasteiger partial charge in [0.05, 0.1) is 26.1 Å². The van der Waals surface area contributed by atoms with Crippen molar-refractivity contribution in [2.45, 2.75) is 50.7 Å². The van der Waals surface area contributed by atoms with E-state index in [0.29, 0.717) is 17.9 Å². The maximum atomic E-state index is 7.42. The molecule has 2 heterocycles. The predicted molar refractivity (Wildman–Crippen MR) is 218 cm³/mol. The van der Waals surface area contributed by atoms with Crippen molar-refractivity contribution in [3.63, 3.8) is 0 Å². The Bertz CT molecular complexity index is 2140. The van der Waals surface area contributed by atoms with Gasteiger partial charge in [0, 0.05) is 0 Å². The molecule has 53 heavy (non-hydrogen) atoms. The minimum Gasteiger partial charge on any atom is -0.497 e. The maximum Gasteiger partial charge on any atom is 0.261 e. The molecule has 0 saturated carbocycles. The molecule has 1 atom stereocenters. The Balaban J connectivity index is 1.31. The molecule has 0 aliphatic heterocycles. The Kier molecular flexibility index (Phi) is 10.3. The highest BCUT2D eigenvalue weighted by Gasteiger charge is 2.50. The van der Waals surface area contributed by atoms with Crippen molar-refractivity contribution in [2.75, 3.05) is 19.0 Å². The summed E-state index contributed by atoms with van der Waals surface area (Å²) in [6, 6.07) is 50.7. The largest absolute Gasteiger partial charge is 0.497 e. The fourth-order valence-electron chi connectivity index (χ4n) is 7.70. The van der Waals surface area contributed by atoms with Gasteiger partial charge < -0.3 is 19.0 Å². The van der Waals surface area contributed by atoms with Gasteiger partial charge in [0.15, 0.2) is 11.5 Å². The molecular weight excluding hydrogens is 671 g/mol. The van der Waals surface area contributed by atoms with E-state index in [9.17, 15) is 0 Å². The molecule has 7 aromatic rings. The summed E-state index contributed by atoms with van der Waals surface area (Å²) in [5.74, 6) is 1.43. The second-order valence-electron chi connectivity index (χ2n) is 14.4. The third kappa shape index (κ3) is 6.65. The van der Waals surface area contributed by atoms with E-state index in [1.54, 1.807) is 13.4 Å². The number of aromatic nitrogens is 4. The van der Waals surface area contributed by atoms with Gasteiger partial charge in [-0.05, 0) is 50.7 Å². The van der Waals surface area contributed by atoms with Crippen LogP contribution in [0.4, 0.5) is 5.82 Å². The third-order valence-corrected chi connectivity index (χ3v) is 15.4. The number of anilines is 1. The van der Waals surface area contributed by atoms with Gasteiger partial charge in [-0.15, -0.1) is 0 Å². The Labute approximate surface area is 313 Å². The molecule has 0 fully saturated rings. The van der Waals surface area contributed by atoms with Crippen LogP contribution in [0.25, 0.3) is 11.2 Å². The first-order valence-corrected chi connectivity index (χ1v) is 20.2. The molecule has 7 rings (SSSR count). The molecule has 1 N–H and O–H groups in total. The summed E-state index contributed by atoms with van der Waals surface area (Å²) in [6.45, 7) is 9.64. The average Bonchev–Trinajstić information content (AvgIpc) is 3.64. The fourth-order valence-corrected chi connectivity index (χ4v) is 12.3. The fraction of sp³-hybridized carbons (Fsp3) is 0.222. The van der Waals surface area contributed by atoms with Crippen LogP contribution in [0, 0.1) is 0 Å². The maximum absolute atomic E-state index is 7.42. The van der Waals surface area contributed by atoms with Crippen LogP contribution >= 0.6 is 0 Å². The van der Waals surface area contributed by atoms with Crippen LogP contribution in [0.3, 0.4) is 0 Å². The molecule has 8 heteroatoms. The molecule has 0 aliphatic rings. The predicted octanol–water partition coefficient (Wildman–Crippen LogP) is 8.77. The van der Waals surface area contributed by atoms with Crippen LogP contribution in [0.1, 0.15) is 56.8 Å². The van der Waals surface area contributed by atoms with E-state index >= 15 is 0 Å². The minimum atomic E-state index is -2.76. The molecule has 1 unspecified atom stereocenters. The van der Waals surface area contributed by atoms with E-state index < -0.39 is 13.9 Å². The van der Waals surface area contributed by atoms with E-state index in [2.05, 4.69) is 159 Å². The number of fused-ring (bicyclic) bond motifs is 1. The number of nitrogens with zero attached hydrogens (tertiary/aromatic N) is 4. The molecule has 268 valence electrons. The summed E-state index contributed by atoms with van der Waals surface area (Å²) in [5, 5.41) is 6.30. The summed E-state index contributed by atoms with van der Waals surface area (Å²) in [6.07, 6.45) is 4.36. The van der Waals surface area contributed by atoms with Gasteiger partial charge >= 0.3 is 0 Å². The highest BCUT2D eigenvalue weighted by molar-refractivity contribution is 6.99. The number of nitrogens with one attached hydrogen (secondary N) is 1. The Morgan fingerprint density at radius 3 is 1.66 bits per heavy atom. The molecule has 0 spiro atoms. The summed E-state index contributed by atoms with van der Waals surface area (Å²) >= 11 is 0. The SMILES string of the molecule is CCC(CO[Si](c1ccccc1)(c1ccccc1)C(C)(C)C)n1cnc2c(NC(c3ccccc3)(c3ccccc3)c3ccc(OC)cc3)ncnc21. The van der Waals surface area contributed by atoms with E-state index in [1.807, 2.05) is 30.6 Å². The lowest BCUT2D eigenvalue weighted by Crippen LogP contribution is -2.66. The van der Waals surface area contributed by atoms with Crippen LogP contribution in [-0.4, -0.2) is 41.6 Å². The van der Waals surface area contributed by atoms with Crippen molar-refractivity contribution in [3.8, 4) is 5.75 Å². The number of imidazole rings is 1. The van der Waals surface area contributed by atoms with Gasteiger partial charge in [0.2, 0.25) is 0 Å². The lowest BCUT2D eigenvalue weighted by molar-refractivity contribution is 0.234. The van der Waals surface area contributed by atoms with E-state index in [1.165, 1.54) is 10.4 Å².